The van der Waals surface area contributed by atoms with Crippen LogP contribution in [0.25, 0.3) is 0 Å². The van der Waals surface area contributed by atoms with Crippen LogP contribution < -0.4 is 11.2 Å². The molecule has 0 radical (unpaired) electrons. The van der Waals surface area contributed by atoms with Gasteiger partial charge in [-0.1, -0.05) is 13.3 Å². The van der Waals surface area contributed by atoms with Gasteiger partial charge in [-0.15, -0.1) is 0 Å². The normalized spacial score (nSPS) is 18.6. The first-order valence-electron chi connectivity index (χ1n) is 4.36. The third-order valence-corrected chi connectivity index (χ3v) is 2.34. The van der Waals surface area contributed by atoms with Crippen molar-refractivity contribution in [2.45, 2.75) is 32.6 Å². The van der Waals surface area contributed by atoms with Crippen LogP contribution in [0.2, 0.25) is 0 Å². The van der Waals surface area contributed by atoms with Gasteiger partial charge in [0, 0.05) is 5.71 Å². The van der Waals surface area contributed by atoms with E-state index >= 15 is 0 Å². The fourth-order valence-corrected chi connectivity index (χ4v) is 1.37. The summed E-state index contributed by atoms with van der Waals surface area (Å²) in [5, 5.41) is 4.41. The fourth-order valence-electron chi connectivity index (χ4n) is 1.33. The van der Waals surface area contributed by atoms with Crippen LogP contribution in [0.1, 0.15) is 32.6 Å². The zero-order chi connectivity index (χ0) is 8.97. The zero-order valence-electron chi connectivity index (χ0n) is 7.34. The maximum Gasteiger partial charge on any atom is 0.184 e. The summed E-state index contributed by atoms with van der Waals surface area (Å²) < 4.78 is 0. The largest absolute Gasteiger partial charge is 0.375 e. The number of thiocarbonyl (C=S) groups is 1. The first-order valence-corrected chi connectivity index (χ1v) is 4.76. The van der Waals surface area contributed by atoms with Crippen molar-refractivity contribution in [3.8, 4) is 0 Å². The summed E-state index contributed by atoms with van der Waals surface area (Å²) in [5.74, 6) is 0.678. The van der Waals surface area contributed by atoms with Crippen LogP contribution >= 0.6 is 12.2 Å². The van der Waals surface area contributed by atoms with Crippen LogP contribution in [0.3, 0.4) is 0 Å². The standard InChI is InChI=1S/C8H15N3S/c1-2-7(6-4-3-5-6)10-11-8(9)12/h6H,2-5H2,1H3,(H3,9,11,12)/b10-7+. The number of nitrogens with two attached hydrogens (primary N) is 1. The van der Waals surface area contributed by atoms with E-state index in [1.807, 2.05) is 0 Å². The summed E-state index contributed by atoms with van der Waals surface area (Å²) in [4.78, 5) is 0. The van der Waals surface area contributed by atoms with Crippen molar-refractivity contribution in [1.29, 1.82) is 0 Å². The molecule has 68 valence electrons. The smallest absolute Gasteiger partial charge is 0.184 e. The van der Waals surface area contributed by atoms with E-state index in [2.05, 4.69) is 29.7 Å². The topological polar surface area (TPSA) is 50.4 Å². The molecular weight excluding hydrogens is 170 g/mol. The van der Waals surface area contributed by atoms with Crippen LogP contribution in [0.4, 0.5) is 0 Å². The van der Waals surface area contributed by atoms with Crippen molar-refractivity contribution in [3.05, 3.63) is 0 Å². The van der Waals surface area contributed by atoms with Crippen LogP contribution in [-0.2, 0) is 0 Å². The predicted octanol–water partition coefficient (Wildman–Crippen LogP) is 1.39. The maximum atomic E-state index is 5.27. The van der Waals surface area contributed by atoms with Crippen molar-refractivity contribution in [1.82, 2.24) is 5.43 Å². The van der Waals surface area contributed by atoms with E-state index in [-0.39, 0.29) is 5.11 Å². The summed E-state index contributed by atoms with van der Waals surface area (Å²) in [7, 11) is 0. The third-order valence-electron chi connectivity index (χ3n) is 2.25. The second-order valence-corrected chi connectivity index (χ2v) is 3.50. The number of nitrogens with zero attached hydrogens (tertiary/aromatic N) is 1. The van der Waals surface area contributed by atoms with E-state index in [0.29, 0.717) is 5.92 Å². The number of hydrogen-bond acceptors (Lipinski definition) is 2. The van der Waals surface area contributed by atoms with Gasteiger partial charge >= 0.3 is 0 Å². The number of hydrogen-bond donors (Lipinski definition) is 2. The molecule has 0 aliphatic heterocycles. The highest BCUT2D eigenvalue weighted by molar-refractivity contribution is 7.80. The molecule has 1 fully saturated rings. The molecule has 1 aliphatic carbocycles. The molecule has 1 saturated carbocycles. The maximum absolute atomic E-state index is 5.27. The molecule has 1 rings (SSSR count). The molecule has 0 heterocycles. The third kappa shape index (κ3) is 2.44. The van der Waals surface area contributed by atoms with Gasteiger partial charge in [-0.05, 0) is 37.4 Å². The summed E-state index contributed by atoms with van der Waals surface area (Å²) in [6.45, 7) is 2.11. The number of rotatable bonds is 3. The van der Waals surface area contributed by atoms with Gasteiger partial charge in [0.05, 0.1) is 0 Å². The van der Waals surface area contributed by atoms with Crippen molar-refractivity contribution in [2.24, 2.45) is 16.8 Å². The summed E-state index contributed by atoms with van der Waals surface area (Å²) in [6.07, 6.45) is 4.86. The molecule has 0 unspecified atom stereocenters. The Morgan fingerprint density at radius 3 is 2.67 bits per heavy atom. The lowest BCUT2D eigenvalue weighted by atomic mass is 9.81. The second kappa shape index (κ2) is 4.40. The van der Waals surface area contributed by atoms with Gasteiger partial charge in [0.25, 0.3) is 0 Å². The van der Waals surface area contributed by atoms with Gasteiger partial charge in [-0.3, -0.25) is 5.43 Å². The summed E-state index contributed by atoms with van der Waals surface area (Å²) in [5.41, 5.74) is 9.11. The Hall–Kier alpha value is -0.640. The van der Waals surface area contributed by atoms with Crippen LogP contribution in [-0.4, -0.2) is 10.8 Å². The Kier molecular flexibility index (Phi) is 3.47. The lowest BCUT2D eigenvalue weighted by Gasteiger charge is -2.26. The Bertz CT molecular complexity index is 196. The van der Waals surface area contributed by atoms with Gasteiger partial charge in [0.2, 0.25) is 0 Å². The highest BCUT2D eigenvalue weighted by Gasteiger charge is 2.21. The second-order valence-electron chi connectivity index (χ2n) is 3.06. The fraction of sp³-hybridized carbons (Fsp3) is 0.750. The zero-order valence-corrected chi connectivity index (χ0v) is 8.16. The number of nitrogens with one attached hydrogen (secondary N) is 1. The molecular formula is C8H15N3S. The molecule has 3 nitrogen and oxygen atoms in total. The van der Waals surface area contributed by atoms with E-state index < -0.39 is 0 Å². The molecule has 0 bridgehead atoms. The minimum Gasteiger partial charge on any atom is -0.375 e. The predicted molar refractivity (Wildman–Crippen MR) is 55.0 cm³/mol. The lowest BCUT2D eigenvalue weighted by Crippen LogP contribution is -2.29. The SMILES string of the molecule is CC/C(=N\NC(N)=S)C1CCC1. The van der Waals surface area contributed by atoms with Gasteiger partial charge in [0.15, 0.2) is 5.11 Å². The first-order chi connectivity index (χ1) is 5.74. The highest BCUT2D eigenvalue weighted by Crippen LogP contribution is 2.28. The molecule has 4 heteroatoms. The minimum absolute atomic E-state index is 0.250. The van der Waals surface area contributed by atoms with Gasteiger partial charge in [-0.25, -0.2) is 0 Å². The van der Waals surface area contributed by atoms with E-state index in [0.717, 1.165) is 6.42 Å². The Labute approximate surface area is 78.4 Å². The lowest BCUT2D eigenvalue weighted by molar-refractivity contribution is 0.407. The Morgan fingerprint density at radius 2 is 2.33 bits per heavy atom. The molecule has 0 amide bonds. The van der Waals surface area contributed by atoms with Gasteiger partial charge in [-0.2, -0.15) is 5.10 Å². The molecule has 0 spiro atoms. The Balaban J connectivity index is 2.42. The van der Waals surface area contributed by atoms with Crippen molar-refractivity contribution >= 4 is 23.0 Å². The molecule has 12 heavy (non-hydrogen) atoms. The monoisotopic (exact) mass is 185 g/mol. The van der Waals surface area contributed by atoms with Crippen LogP contribution in [0.15, 0.2) is 5.10 Å². The summed E-state index contributed by atoms with van der Waals surface area (Å²) >= 11 is 4.66. The van der Waals surface area contributed by atoms with Crippen molar-refractivity contribution < 1.29 is 0 Å². The quantitative estimate of drug-likeness (QED) is 0.397. The van der Waals surface area contributed by atoms with E-state index in [1.165, 1.54) is 25.0 Å². The van der Waals surface area contributed by atoms with Gasteiger partial charge in [0.1, 0.15) is 0 Å². The Morgan fingerprint density at radius 1 is 1.67 bits per heavy atom. The summed E-state index contributed by atoms with van der Waals surface area (Å²) in [6, 6.07) is 0. The van der Waals surface area contributed by atoms with Crippen molar-refractivity contribution in [3.63, 3.8) is 0 Å². The average Bonchev–Trinajstić information content (AvgIpc) is 1.93. The minimum atomic E-state index is 0.250. The molecule has 0 atom stereocenters. The molecule has 0 aromatic rings. The van der Waals surface area contributed by atoms with Crippen LogP contribution in [0.5, 0.6) is 0 Å². The van der Waals surface area contributed by atoms with E-state index in [9.17, 15) is 0 Å². The highest BCUT2D eigenvalue weighted by atomic mass is 32.1. The van der Waals surface area contributed by atoms with Crippen LogP contribution in [0, 0.1) is 5.92 Å². The van der Waals surface area contributed by atoms with E-state index in [1.54, 1.807) is 0 Å². The van der Waals surface area contributed by atoms with E-state index in [4.69, 9.17) is 5.73 Å². The number of hydrazone groups is 1. The molecule has 0 aromatic carbocycles. The molecule has 0 aromatic heterocycles. The first kappa shape index (κ1) is 9.45. The molecule has 3 N–H and O–H groups in total. The van der Waals surface area contributed by atoms with Gasteiger partial charge < -0.3 is 5.73 Å². The van der Waals surface area contributed by atoms with Crippen molar-refractivity contribution in [2.75, 3.05) is 0 Å². The average molecular weight is 185 g/mol. The molecule has 0 saturated heterocycles. The molecule has 1 aliphatic rings.